The molecule has 4 rings (SSSR count). The Balaban J connectivity index is 0.00000105. The number of isothiocyanates is 2. The van der Waals surface area contributed by atoms with Crippen molar-refractivity contribution in [1.82, 2.24) is 30.0 Å². The van der Waals surface area contributed by atoms with Crippen molar-refractivity contribution >= 4 is 47.2 Å². The van der Waals surface area contributed by atoms with Crippen LogP contribution in [0.4, 0.5) is 0 Å². The summed E-state index contributed by atoms with van der Waals surface area (Å²) in [5.41, 5.74) is 3.78. The molecule has 4 aromatic rings. The van der Waals surface area contributed by atoms with E-state index < -0.39 is 0 Å². The van der Waals surface area contributed by atoms with Gasteiger partial charge < -0.3 is 10.8 Å². The Bertz CT molecular complexity index is 1280. The van der Waals surface area contributed by atoms with E-state index in [2.05, 4.69) is 93.2 Å². The normalized spacial score (nSPS) is 10.4. The van der Waals surface area contributed by atoms with Crippen LogP contribution >= 0.6 is 24.4 Å². The van der Waals surface area contributed by atoms with Gasteiger partial charge in [0.2, 0.25) is 0 Å². The van der Waals surface area contributed by atoms with E-state index in [4.69, 9.17) is 10.8 Å². The molecular weight excluding hydrogens is 584 g/mol. The quantitative estimate of drug-likeness (QED) is 0.143. The monoisotopic (exact) mass is 612 g/mol. The maximum Gasteiger partial charge on any atom is 2.00 e. The third-order valence-electron chi connectivity index (χ3n) is 4.97. The zero-order valence-corrected chi connectivity index (χ0v) is 24.8. The summed E-state index contributed by atoms with van der Waals surface area (Å²) in [6, 6.07) is 20.4. The van der Waals surface area contributed by atoms with Gasteiger partial charge >= 0.3 is 17.1 Å². The first-order valence-corrected chi connectivity index (χ1v) is 12.6. The second-order valence-corrected chi connectivity index (χ2v) is 9.30. The molecule has 10 nitrogen and oxygen atoms in total. The maximum atomic E-state index is 7.13. The molecule has 0 saturated carbocycles. The van der Waals surface area contributed by atoms with E-state index in [1.807, 2.05) is 58.2 Å². The van der Waals surface area contributed by atoms with Crippen molar-refractivity contribution in [3.63, 3.8) is 0 Å². The van der Waals surface area contributed by atoms with Gasteiger partial charge in [0.15, 0.2) is 0 Å². The van der Waals surface area contributed by atoms with Crippen LogP contribution in [0.3, 0.4) is 0 Å². The molecule has 0 bridgehead atoms. The van der Waals surface area contributed by atoms with E-state index in [0.29, 0.717) is 26.2 Å². The van der Waals surface area contributed by atoms with Gasteiger partial charge in [0, 0.05) is 18.5 Å². The summed E-state index contributed by atoms with van der Waals surface area (Å²) in [4.78, 5) is 9.13. The number of aliphatic imine (C=N–C) groups is 2. The summed E-state index contributed by atoms with van der Waals surface area (Å²) in [6.07, 6.45) is 7.35. The van der Waals surface area contributed by atoms with Crippen LogP contribution < -0.4 is 0 Å². The Labute approximate surface area is 255 Å². The minimum atomic E-state index is -0.0902. The van der Waals surface area contributed by atoms with E-state index in [1.165, 1.54) is 21.4 Å². The molecule has 0 N–H and O–H groups in total. The smallest absolute Gasteiger partial charge is 0.753 e. The van der Waals surface area contributed by atoms with Crippen LogP contribution in [0.15, 0.2) is 83.0 Å². The number of hydrogen-bond donors (Lipinski definition) is 0. The Hall–Kier alpha value is -3.82. The Kier molecular flexibility index (Phi) is 16.5. The molecule has 206 valence electrons. The third kappa shape index (κ3) is 13.8. The number of thiocarbonyl (C=S) groups is 2. The minimum Gasteiger partial charge on any atom is -0.753 e. The van der Waals surface area contributed by atoms with Crippen LogP contribution in [0.25, 0.3) is 10.8 Å². The Morgan fingerprint density at radius 2 is 1.10 bits per heavy atom. The van der Waals surface area contributed by atoms with Gasteiger partial charge in [-0.25, -0.2) is 9.36 Å². The predicted octanol–water partition coefficient (Wildman–Crippen LogP) is 4.85. The third-order valence-corrected chi connectivity index (χ3v) is 4.97. The van der Waals surface area contributed by atoms with Crippen LogP contribution in [0.2, 0.25) is 0 Å². The fourth-order valence-electron chi connectivity index (χ4n) is 3.26. The van der Waals surface area contributed by atoms with Gasteiger partial charge in [-0.1, -0.05) is 109 Å². The topological polar surface area (TPSA) is 131 Å². The summed E-state index contributed by atoms with van der Waals surface area (Å²) in [6.45, 7) is 6.93. The maximum absolute atomic E-state index is 7.13. The molecule has 13 heteroatoms. The van der Waals surface area contributed by atoms with E-state index in [9.17, 15) is 0 Å². The second kappa shape index (κ2) is 19.3. The van der Waals surface area contributed by atoms with Crippen molar-refractivity contribution < 1.29 is 17.1 Å². The van der Waals surface area contributed by atoms with Gasteiger partial charge in [0.25, 0.3) is 0 Å². The molecule has 0 fully saturated rings. The fourth-order valence-corrected chi connectivity index (χ4v) is 3.26. The van der Waals surface area contributed by atoms with E-state index in [0.717, 1.165) is 11.4 Å². The number of rotatable bonds is 10. The van der Waals surface area contributed by atoms with Crippen LogP contribution in [-0.4, -0.2) is 65.8 Å². The fraction of sp³-hybridized carbons (Fsp3) is 0.259. The predicted molar refractivity (Wildman–Crippen MR) is 162 cm³/mol. The first-order chi connectivity index (χ1) is 18.9. The molecule has 0 aliphatic heterocycles. The van der Waals surface area contributed by atoms with Gasteiger partial charge in [-0.05, 0) is 11.1 Å². The van der Waals surface area contributed by atoms with Crippen molar-refractivity contribution in [3.8, 4) is 0 Å². The SMILES string of the molecule is CC(C)(CN=Cc1cn(Cc2ccccc2)nn1)CN=Cc1cn(Cc2ccccc2)nn1.[Fe+2].[N-]=C=S.[N-]=C=S. The molecule has 2 aromatic heterocycles. The van der Waals surface area contributed by atoms with E-state index in [1.54, 1.807) is 12.4 Å². The largest absolute Gasteiger partial charge is 2.00 e. The van der Waals surface area contributed by atoms with E-state index in [-0.39, 0.29) is 22.5 Å². The second-order valence-electron chi connectivity index (χ2n) is 8.94. The average molecular weight is 613 g/mol. The van der Waals surface area contributed by atoms with Crippen molar-refractivity contribution in [3.05, 3.63) is 106 Å². The summed E-state index contributed by atoms with van der Waals surface area (Å²) in [7, 11) is 0. The summed E-state index contributed by atoms with van der Waals surface area (Å²) >= 11 is 7.40. The van der Waals surface area contributed by atoms with Crippen LogP contribution in [0.1, 0.15) is 36.4 Å². The first-order valence-electron chi connectivity index (χ1n) is 11.8. The minimum absolute atomic E-state index is 0. The zero-order valence-electron chi connectivity index (χ0n) is 22.1. The molecule has 2 heterocycles. The first kappa shape index (κ1) is 34.2. The standard InChI is InChI=1S/C25H28N8.2CNS.Fe/c1-25(2,19-26-13-23-17-32(30-28-23)15-21-9-5-3-6-10-21)20-27-14-24-18-33(31-29-24)16-22-11-7-4-8-12-22;2*2-1-3;/h3-14,17-18H,15-16,19-20H2,1-2H3;;;/q;2*-1;+2. The van der Waals surface area contributed by atoms with Gasteiger partial charge in [0.05, 0.1) is 37.9 Å². The van der Waals surface area contributed by atoms with Crippen molar-refractivity contribution in [1.29, 1.82) is 0 Å². The Morgan fingerprint density at radius 3 is 1.45 bits per heavy atom. The van der Waals surface area contributed by atoms with E-state index >= 15 is 0 Å². The van der Waals surface area contributed by atoms with Gasteiger partial charge in [0.1, 0.15) is 11.4 Å². The van der Waals surface area contributed by atoms with Gasteiger partial charge in [-0.3, -0.25) is 9.98 Å². The number of hydrogen-bond acceptors (Lipinski definition) is 8. The van der Waals surface area contributed by atoms with Crippen LogP contribution in [0.5, 0.6) is 0 Å². The number of nitrogens with zero attached hydrogens (tertiary/aromatic N) is 10. The molecule has 40 heavy (non-hydrogen) atoms. The number of aromatic nitrogens is 6. The Morgan fingerprint density at radius 1 is 0.750 bits per heavy atom. The molecule has 0 spiro atoms. The van der Waals surface area contributed by atoms with Crippen molar-refractivity contribution in [2.75, 3.05) is 13.1 Å². The zero-order chi connectivity index (χ0) is 28.3. The van der Waals surface area contributed by atoms with Gasteiger partial charge in [-0.2, -0.15) is 10.3 Å². The van der Waals surface area contributed by atoms with Crippen LogP contribution in [-0.2, 0) is 30.2 Å². The molecule has 0 radical (unpaired) electrons. The molecule has 0 atom stereocenters. The van der Waals surface area contributed by atoms with Crippen LogP contribution in [0, 0.1) is 5.41 Å². The summed E-state index contributed by atoms with van der Waals surface area (Å²) in [5.74, 6) is 0. The van der Waals surface area contributed by atoms with Gasteiger partial charge in [-0.15, -0.1) is 10.2 Å². The molecule has 0 unspecified atom stereocenters. The van der Waals surface area contributed by atoms with Crippen molar-refractivity contribution in [2.24, 2.45) is 15.4 Å². The van der Waals surface area contributed by atoms with Crippen molar-refractivity contribution in [2.45, 2.75) is 26.9 Å². The molecule has 0 amide bonds. The molecule has 0 aliphatic rings. The summed E-state index contributed by atoms with van der Waals surface area (Å²) < 4.78 is 3.63. The molecular formula is C27H28FeN10S2. The summed E-state index contributed by atoms with van der Waals surface area (Å²) in [5, 5.41) is 33.7. The molecule has 2 aromatic carbocycles. The molecule has 0 saturated heterocycles. The average Bonchev–Trinajstić information content (AvgIpc) is 3.55. The molecule has 0 aliphatic carbocycles. The number of benzene rings is 2.